The van der Waals surface area contributed by atoms with Crippen molar-refractivity contribution in [1.82, 2.24) is 4.98 Å². The van der Waals surface area contributed by atoms with Crippen LogP contribution < -0.4 is 10.1 Å². The van der Waals surface area contributed by atoms with Gasteiger partial charge in [0.1, 0.15) is 0 Å². The fraction of sp³-hybridized carbons (Fsp3) is 0.529. The molecule has 1 fully saturated rings. The highest BCUT2D eigenvalue weighted by Gasteiger charge is 2.15. The van der Waals surface area contributed by atoms with Crippen LogP contribution in [0.15, 0.2) is 31.0 Å². The van der Waals surface area contributed by atoms with Crippen LogP contribution in [0.2, 0.25) is 0 Å². The molecule has 1 aliphatic rings. The third-order valence-corrected chi connectivity index (χ3v) is 4.63. The molecule has 0 saturated heterocycles. The minimum Gasteiger partial charge on any atom is -0.489 e. The van der Waals surface area contributed by atoms with Gasteiger partial charge >= 0.3 is 0 Å². The van der Waals surface area contributed by atoms with Crippen LogP contribution in [-0.4, -0.2) is 29.0 Å². The first-order valence-electron chi connectivity index (χ1n) is 7.86. The summed E-state index contributed by atoms with van der Waals surface area (Å²) in [7, 11) is 0. The number of rotatable bonds is 8. The van der Waals surface area contributed by atoms with Crippen LogP contribution in [0.5, 0.6) is 5.75 Å². The number of nitrogens with zero attached hydrogens (tertiary/aromatic N) is 1. The molecule has 0 radical (unpaired) electrons. The molecule has 1 heterocycles. The minimum atomic E-state index is -0.0620. The molecule has 0 aromatic carbocycles. The molecule has 1 amide bonds. The van der Waals surface area contributed by atoms with Gasteiger partial charge in [0, 0.05) is 11.9 Å². The van der Waals surface area contributed by atoms with Gasteiger partial charge < -0.3 is 10.1 Å². The molecule has 1 aliphatic carbocycles. The van der Waals surface area contributed by atoms with Gasteiger partial charge in [0.25, 0.3) is 0 Å². The molecule has 1 aromatic heterocycles. The summed E-state index contributed by atoms with van der Waals surface area (Å²) in [5, 5.41) is 2.83. The number of pyridine rings is 1. The van der Waals surface area contributed by atoms with E-state index in [0.29, 0.717) is 29.8 Å². The highest BCUT2D eigenvalue weighted by molar-refractivity contribution is 8.00. The summed E-state index contributed by atoms with van der Waals surface area (Å²) in [6, 6.07) is 3.70. The van der Waals surface area contributed by atoms with Crippen molar-refractivity contribution in [3.05, 3.63) is 31.0 Å². The maximum absolute atomic E-state index is 11.9. The second-order valence-corrected chi connectivity index (χ2v) is 6.55. The first kappa shape index (κ1) is 16.9. The van der Waals surface area contributed by atoms with Gasteiger partial charge in [0.15, 0.2) is 11.6 Å². The minimum absolute atomic E-state index is 0.0620. The molecule has 22 heavy (non-hydrogen) atoms. The average Bonchev–Trinajstić information content (AvgIpc) is 2.55. The maximum Gasteiger partial charge on any atom is 0.235 e. The zero-order valence-corrected chi connectivity index (χ0v) is 13.7. The van der Waals surface area contributed by atoms with E-state index in [-0.39, 0.29) is 5.91 Å². The van der Waals surface area contributed by atoms with E-state index >= 15 is 0 Å². The highest BCUT2D eigenvalue weighted by Crippen LogP contribution is 2.27. The Balaban J connectivity index is 1.85. The number of aromatic nitrogens is 1. The van der Waals surface area contributed by atoms with Crippen molar-refractivity contribution in [2.24, 2.45) is 5.92 Å². The lowest BCUT2D eigenvalue weighted by atomic mass is 9.90. The van der Waals surface area contributed by atoms with Crippen LogP contribution in [0, 0.1) is 5.92 Å². The van der Waals surface area contributed by atoms with E-state index in [1.165, 1.54) is 43.9 Å². The second-order valence-electron chi connectivity index (χ2n) is 5.52. The predicted molar refractivity (Wildman–Crippen MR) is 92.5 cm³/mol. The van der Waals surface area contributed by atoms with E-state index in [4.69, 9.17) is 4.74 Å². The van der Waals surface area contributed by atoms with Crippen molar-refractivity contribution in [2.75, 3.05) is 23.4 Å². The number of anilines is 1. The molecule has 5 heteroatoms. The normalized spacial score (nSPS) is 15.3. The van der Waals surface area contributed by atoms with Gasteiger partial charge in [0.2, 0.25) is 5.91 Å². The monoisotopic (exact) mass is 320 g/mol. The molecule has 1 aromatic rings. The number of hydrogen-bond donors (Lipinski definition) is 1. The molecule has 120 valence electrons. The number of carbonyl (C=O) groups excluding carboxylic acids is 1. The fourth-order valence-corrected chi connectivity index (χ4v) is 3.11. The van der Waals surface area contributed by atoms with Gasteiger partial charge in [0.05, 0.1) is 12.4 Å². The number of hydrogen-bond acceptors (Lipinski definition) is 4. The van der Waals surface area contributed by atoms with Gasteiger partial charge in [-0.1, -0.05) is 25.3 Å². The Labute approximate surface area is 136 Å². The van der Waals surface area contributed by atoms with Crippen LogP contribution in [0.1, 0.15) is 32.1 Å². The molecular weight excluding hydrogens is 296 g/mol. The molecule has 4 nitrogen and oxygen atoms in total. The number of amides is 1. The lowest BCUT2D eigenvalue weighted by molar-refractivity contribution is -0.113. The van der Waals surface area contributed by atoms with Crippen molar-refractivity contribution in [2.45, 2.75) is 32.1 Å². The van der Waals surface area contributed by atoms with Crippen LogP contribution in [0.4, 0.5) is 5.82 Å². The van der Waals surface area contributed by atoms with Crippen molar-refractivity contribution in [3.63, 3.8) is 0 Å². The molecule has 0 spiro atoms. The molecule has 0 bridgehead atoms. The lowest BCUT2D eigenvalue weighted by Gasteiger charge is -2.22. The molecule has 0 unspecified atom stereocenters. The van der Waals surface area contributed by atoms with Crippen LogP contribution in [-0.2, 0) is 4.79 Å². The summed E-state index contributed by atoms with van der Waals surface area (Å²) in [6.45, 7) is 4.35. The largest absolute Gasteiger partial charge is 0.489 e. The van der Waals surface area contributed by atoms with Crippen molar-refractivity contribution in [1.29, 1.82) is 0 Å². The molecule has 2 rings (SSSR count). The second kappa shape index (κ2) is 9.51. The van der Waals surface area contributed by atoms with Crippen LogP contribution in [0.3, 0.4) is 0 Å². The van der Waals surface area contributed by atoms with Gasteiger partial charge in [-0.25, -0.2) is 4.98 Å². The Bertz CT molecular complexity index is 487. The number of thioether (sulfide) groups is 1. The zero-order chi connectivity index (χ0) is 15.6. The number of carbonyl (C=O) groups is 1. The summed E-state index contributed by atoms with van der Waals surface area (Å²) >= 11 is 1.52. The lowest BCUT2D eigenvalue weighted by Crippen LogP contribution is -2.18. The van der Waals surface area contributed by atoms with Gasteiger partial charge in [-0.3, -0.25) is 4.79 Å². The third-order valence-electron chi connectivity index (χ3n) is 3.70. The number of nitrogens with one attached hydrogen (secondary N) is 1. The standard InChI is InChI=1S/C17H24N2O2S/c1-2-11-22-13-16(20)19-17-15(9-6-10-18-17)21-12-14-7-4-3-5-8-14/h2,6,9-10,14H,1,3-5,7-8,11-13H2,(H,18,19,20). The van der Waals surface area contributed by atoms with E-state index in [9.17, 15) is 4.79 Å². The number of ether oxygens (including phenoxy) is 1. The van der Waals surface area contributed by atoms with E-state index in [1.807, 2.05) is 12.1 Å². The Kier molecular flexibility index (Phi) is 7.30. The fourth-order valence-electron chi connectivity index (χ4n) is 2.57. The van der Waals surface area contributed by atoms with Gasteiger partial charge in [-0.05, 0) is 30.9 Å². The topological polar surface area (TPSA) is 51.2 Å². The molecule has 0 aliphatic heterocycles. The van der Waals surface area contributed by atoms with Gasteiger partial charge in [-0.2, -0.15) is 0 Å². The summed E-state index contributed by atoms with van der Waals surface area (Å²) in [4.78, 5) is 16.1. The van der Waals surface area contributed by atoms with Crippen LogP contribution in [0.25, 0.3) is 0 Å². The summed E-state index contributed by atoms with van der Waals surface area (Å²) in [5.74, 6) is 2.90. The average molecular weight is 320 g/mol. The summed E-state index contributed by atoms with van der Waals surface area (Å²) in [6.07, 6.45) is 9.86. The maximum atomic E-state index is 11.9. The highest BCUT2D eigenvalue weighted by atomic mass is 32.2. The Hall–Kier alpha value is -1.49. The van der Waals surface area contributed by atoms with E-state index in [1.54, 1.807) is 12.3 Å². The Morgan fingerprint density at radius 3 is 3.05 bits per heavy atom. The van der Waals surface area contributed by atoms with Crippen molar-refractivity contribution in [3.8, 4) is 5.75 Å². The van der Waals surface area contributed by atoms with Crippen molar-refractivity contribution >= 4 is 23.5 Å². The third kappa shape index (κ3) is 5.72. The molecular formula is C17H24N2O2S. The molecule has 1 saturated carbocycles. The van der Waals surface area contributed by atoms with E-state index in [2.05, 4.69) is 16.9 Å². The molecule has 0 atom stereocenters. The quantitative estimate of drug-likeness (QED) is 0.583. The van der Waals surface area contributed by atoms with E-state index < -0.39 is 0 Å². The Morgan fingerprint density at radius 2 is 2.27 bits per heavy atom. The first-order chi connectivity index (χ1) is 10.8. The van der Waals surface area contributed by atoms with E-state index in [0.717, 1.165) is 5.75 Å². The van der Waals surface area contributed by atoms with Crippen molar-refractivity contribution < 1.29 is 9.53 Å². The Morgan fingerprint density at radius 1 is 1.45 bits per heavy atom. The zero-order valence-electron chi connectivity index (χ0n) is 12.9. The van der Waals surface area contributed by atoms with Gasteiger partial charge in [-0.15, -0.1) is 18.3 Å². The van der Waals surface area contributed by atoms with Crippen LogP contribution >= 0.6 is 11.8 Å². The molecule has 1 N–H and O–H groups in total. The first-order valence-corrected chi connectivity index (χ1v) is 9.01. The SMILES string of the molecule is C=CCSCC(=O)Nc1ncccc1OCC1CCCCC1. The smallest absolute Gasteiger partial charge is 0.235 e. The summed E-state index contributed by atoms with van der Waals surface area (Å²) in [5.41, 5.74) is 0. The predicted octanol–water partition coefficient (Wildman–Crippen LogP) is 3.90. The summed E-state index contributed by atoms with van der Waals surface area (Å²) < 4.78 is 5.90.